The second-order valence-corrected chi connectivity index (χ2v) is 8.08. The van der Waals surface area contributed by atoms with E-state index in [0.717, 1.165) is 49.5 Å². The highest BCUT2D eigenvalue weighted by atomic mass is 35.5. The number of fused-ring (bicyclic) bond motifs is 2. The van der Waals surface area contributed by atoms with Gasteiger partial charge in [-0.15, -0.1) is 0 Å². The average molecular weight is 399 g/mol. The zero-order valence-electron chi connectivity index (χ0n) is 15.6. The number of piperidine rings is 1. The summed E-state index contributed by atoms with van der Waals surface area (Å²) in [7, 11) is 0. The molecule has 0 amide bonds. The Morgan fingerprint density at radius 2 is 1.96 bits per heavy atom. The van der Waals surface area contributed by atoms with Crippen LogP contribution in [0, 0.1) is 5.92 Å². The molecule has 1 aromatic carbocycles. The highest BCUT2D eigenvalue weighted by Crippen LogP contribution is 2.31. The summed E-state index contributed by atoms with van der Waals surface area (Å²) in [4.78, 5) is 13.4. The highest BCUT2D eigenvalue weighted by Gasteiger charge is 2.34. The molecule has 0 spiro atoms. The second-order valence-electron chi connectivity index (χ2n) is 7.65. The van der Waals surface area contributed by atoms with Gasteiger partial charge in [0.15, 0.2) is 11.4 Å². The first kappa shape index (κ1) is 17.7. The van der Waals surface area contributed by atoms with Crippen molar-refractivity contribution in [2.75, 3.05) is 42.9 Å². The van der Waals surface area contributed by atoms with Gasteiger partial charge < -0.3 is 14.7 Å². The van der Waals surface area contributed by atoms with Gasteiger partial charge in [-0.05, 0) is 30.9 Å². The van der Waals surface area contributed by atoms with Crippen molar-refractivity contribution in [3.63, 3.8) is 0 Å². The Labute approximate surface area is 168 Å². The van der Waals surface area contributed by atoms with Crippen LogP contribution in [0.4, 0.5) is 11.8 Å². The Morgan fingerprint density at radius 3 is 2.86 bits per heavy atom. The Balaban J connectivity index is 1.19. The number of hydrogen-bond acceptors (Lipinski definition) is 7. The summed E-state index contributed by atoms with van der Waals surface area (Å²) in [6.45, 7) is 5.05. The smallest absolute Gasteiger partial charge is 0.222 e. The van der Waals surface area contributed by atoms with E-state index in [9.17, 15) is 0 Å². The zero-order valence-corrected chi connectivity index (χ0v) is 16.3. The second kappa shape index (κ2) is 7.56. The van der Waals surface area contributed by atoms with Gasteiger partial charge in [0.05, 0.1) is 22.8 Å². The third kappa shape index (κ3) is 3.52. The van der Waals surface area contributed by atoms with E-state index in [4.69, 9.17) is 16.1 Å². The third-order valence-corrected chi connectivity index (χ3v) is 6.03. The van der Waals surface area contributed by atoms with E-state index in [1.54, 1.807) is 12.4 Å². The van der Waals surface area contributed by atoms with Gasteiger partial charge in [-0.2, -0.15) is 0 Å². The molecule has 2 fully saturated rings. The number of halogens is 1. The normalized spacial score (nSPS) is 23.0. The molecule has 0 radical (unpaired) electrons. The van der Waals surface area contributed by atoms with Crippen LogP contribution in [0.25, 0.3) is 11.0 Å². The third-order valence-electron chi connectivity index (χ3n) is 5.83. The molecule has 7 nitrogen and oxygen atoms in total. The largest absolute Gasteiger partial charge is 0.354 e. The van der Waals surface area contributed by atoms with E-state index in [1.165, 1.54) is 12.8 Å². The number of aromatic nitrogens is 3. The highest BCUT2D eigenvalue weighted by molar-refractivity contribution is 6.30. The number of benzene rings is 1. The summed E-state index contributed by atoms with van der Waals surface area (Å²) in [5.41, 5.74) is 0.860. The molecular weight excluding hydrogens is 376 g/mol. The molecule has 146 valence electrons. The number of nitrogens with one attached hydrogen (secondary N) is 1. The minimum absolute atomic E-state index is 0.559. The quantitative estimate of drug-likeness (QED) is 0.723. The number of anilines is 2. The van der Waals surface area contributed by atoms with E-state index < -0.39 is 0 Å². The molecule has 8 heteroatoms. The molecule has 2 aliphatic rings. The summed E-state index contributed by atoms with van der Waals surface area (Å²) in [5.74, 6) is 2.24. The van der Waals surface area contributed by atoms with E-state index in [0.29, 0.717) is 22.9 Å². The maximum Gasteiger partial charge on any atom is 0.222 e. The molecular formula is C20H23ClN6O. The van der Waals surface area contributed by atoms with Crippen LogP contribution in [0.5, 0.6) is 0 Å². The van der Waals surface area contributed by atoms with Crippen LogP contribution < -0.4 is 10.2 Å². The standard InChI is InChI=1S/C20H23ClN6O/c21-15-10-23-20(24-11-15)22-9-14-5-6-16-13-27(8-7-26(16)12-14)19-17-3-1-2-4-18(17)28-25-19/h1-4,10-11,14,16H,5-9,12-13H2,(H,22,23,24)/t14-,16+/m1/s1. The summed E-state index contributed by atoms with van der Waals surface area (Å²) < 4.78 is 5.50. The Kier molecular flexibility index (Phi) is 4.78. The van der Waals surface area contributed by atoms with Crippen LogP contribution in [0.1, 0.15) is 12.8 Å². The lowest BCUT2D eigenvalue weighted by molar-refractivity contribution is 0.0994. The predicted octanol–water partition coefficient (Wildman–Crippen LogP) is 3.28. The molecule has 2 saturated heterocycles. The summed E-state index contributed by atoms with van der Waals surface area (Å²) in [5, 5.41) is 9.36. The first-order chi connectivity index (χ1) is 13.8. The lowest BCUT2D eigenvalue weighted by atomic mass is 9.91. The van der Waals surface area contributed by atoms with Crippen molar-refractivity contribution < 1.29 is 4.52 Å². The first-order valence-corrected chi connectivity index (χ1v) is 10.2. The van der Waals surface area contributed by atoms with Gasteiger partial charge in [-0.1, -0.05) is 28.9 Å². The maximum absolute atomic E-state index is 5.84. The number of nitrogens with zero attached hydrogens (tertiary/aromatic N) is 5. The van der Waals surface area contributed by atoms with Gasteiger partial charge in [0.25, 0.3) is 0 Å². The molecule has 2 aliphatic heterocycles. The van der Waals surface area contributed by atoms with Crippen LogP contribution >= 0.6 is 11.6 Å². The van der Waals surface area contributed by atoms with Gasteiger partial charge in [0.1, 0.15) is 0 Å². The number of piperazine rings is 1. The van der Waals surface area contributed by atoms with Crippen LogP contribution in [-0.2, 0) is 0 Å². The predicted molar refractivity (Wildman–Crippen MR) is 110 cm³/mol. The van der Waals surface area contributed by atoms with Crippen molar-refractivity contribution in [1.82, 2.24) is 20.0 Å². The topological polar surface area (TPSA) is 70.3 Å². The summed E-state index contributed by atoms with van der Waals surface area (Å²) >= 11 is 5.84. The molecule has 1 N–H and O–H groups in total. The summed E-state index contributed by atoms with van der Waals surface area (Å²) in [6, 6.07) is 8.67. The fourth-order valence-corrected chi connectivity index (χ4v) is 4.45. The first-order valence-electron chi connectivity index (χ1n) is 9.81. The molecule has 2 atom stereocenters. The van der Waals surface area contributed by atoms with Crippen molar-refractivity contribution in [2.24, 2.45) is 5.92 Å². The van der Waals surface area contributed by atoms with E-state index in [2.05, 4.69) is 36.3 Å². The molecule has 0 saturated carbocycles. The van der Waals surface area contributed by atoms with Gasteiger partial charge in [-0.25, -0.2) is 9.97 Å². The Bertz CT molecular complexity index is 945. The van der Waals surface area contributed by atoms with Crippen LogP contribution in [0.2, 0.25) is 5.02 Å². The molecule has 0 aliphatic carbocycles. The van der Waals surface area contributed by atoms with Crippen molar-refractivity contribution in [1.29, 1.82) is 0 Å². The fraction of sp³-hybridized carbons (Fsp3) is 0.450. The maximum atomic E-state index is 5.84. The lowest BCUT2D eigenvalue weighted by Gasteiger charge is -2.46. The summed E-state index contributed by atoms with van der Waals surface area (Å²) in [6.07, 6.45) is 5.65. The van der Waals surface area contributed by atoms with Gasteiger partial charge in [-0.3, -0.25) is 4.90 Å². The molecule has 0 bridgehead atoms. The van der Waals surface area contributed by atoms with Crippen LogP contribution in [0.15, 0.2) is 41.2 Å². The van der Waals surface area contributed by atoms with Crippen molar-refractivity contribution in [2.45, 2.75) is 18.9 Å². The molecule has 3 aromatic rings. The zero-order chi connectivity index (χ0) is 18.9. The Hall–Kier alpha value is -2.38. The number of hydrogen-bond donors (Lipinski definition) is 1. The fourth-order valence-electron chi connectivity index (χ4n) is 4.36. The molecule has 5 rings (SSSR count). The SMILES string of the molecule is Clc1cnc(NC[C@H]2CC[C@H]3CN(c4noc5ccccc45)CCN3C2)nc1. The molecule has 0 unspecified atom stereocenters. The van der Waals surface area contributed by atoms with E-state index >= 15 is 0 Å². The lowest BCUT2D eigenvalue weighted by Crippen LogP contribution is -2.57. The van der Waals surface area contributed by atoms with Gasteiger partial charge >= 0.3 is 0 Å². The van der Waals surface area contributed by atoms with Crippen molar-refractivity contribution >= 4 is 34.3 Å². The van der Waals surface area contributed by atoms with Gasteiger partial charge in [0, 0.05) is 38.8 Å². The van der Waals surface area contributed by atoms with Crippen LogP contribution in [-0.4, -0.2) is 58.8 Å². The van der Waals surface area contributed by atoms with Gasteiger partial charge in [0.2, 0.25) is 5.95 Å². The van der Waals surface area contributed by atoms with Crippen molar-refractivity contribution in [3.05, 3.63) is 41.7 Å². The number of para-hydroxylation sites is 1. The average Bonchev–Trinajstić information content (AvgIpc) is 3.17. The van der Waals surface area contributed by atoms with Crippen LogP contribution in [0.3, 0.4) is 0 Å². The monoisotopic (exact) mass is 398 g/mol. The molecule has 4 heterocycles. The van der Waals surface area contributed by atoms with Crippen molar-refractivity contribution in [3.8, 4) is 0 Å². The minimum Gasteiger partial charge on any atom is -0.354 e. The molecule has 2 aromatic heterocycles. The van der Waals surface area contributed by atoms with E-state index in [1.807, 2.05) is 18.2 Å². The van der Waals surface area contributed by atoms with E-state index in [-0.39, 0.29) is 0 Å². The molecule has 28 heavy (non-hydrogen) atoms. The minimum atomic E-state index is 0.559. The number of rotatable bonds is 4. The Morgan fingerprint density at radius 1 is 1.11 bits per heavy atom.